The summed E-state index contributed by atoms with van der Waals surface area (Å²) in [5, 5.41) is 2.97. The van der Waals surface area contributed by atoms with E-state index < -0.39 is 18.6 Å². The molecule has 1 aliphatic heterocycles. The third-order valence-electron chi connectivity index (χ3n) is 2.99. The van der Waals surface area contributed by atoms with Gasteiger partial charge in [0.25, 0.3) is 0 Å². The lowest BCUT2D eigenvalue weighted by Crippen LogP contribution is -2.39. The lowest BCUT2D eigenvalue weighted by Gasteiger charge is -2.24. The third-order valence-corrected chi connectivity index (χ3v) is 2.99. The van der Waals surface area contributed by atoms with Crippen LogP contribution in [0.3, 0.4) is 0 Å². The molecule has 2 unspecified atom stereocenters. The lowest BCUT2D eigenvalue weighted by atomic mass is 10.1. The molecule has 6 heteroatoms. The second kappa shape index (κ2) is 5.71. The van der Waals surface area contributed by atoms with Crippen molar-refractivity contribution < 1.29 is 18.0 Å². The van der Waals surface area contributed by atoms with E-state index in [4.69, 9.17) is 0 Å². The number of hydrogen-bond donors (Lipinski definition) is 1. The Morgan fingerprint density at radius 1 is 1.53 bits per heavy atom. The number of alkyl halides is 3. The van der Waals surface area contributed by atoms with E-state index >= 15 is 0 Å². The van der Waals surface area contributed by atoms with Crippen LogP contribution in [0.5, 0.6) is 0 Å². The first-order valence-electron chi connectivity index (χ1n) is 5.95. The quantitative estimate of drug-likeness (QED) is 0.814. The molecular weight excluding hydrogens is 233 g/mol. The summed E-state index contributed by atoms with van der Waals surface area (Å²) in [6.07, 6.45) is -2.58. The van der Waals surface area contributed by atoms with Crippen LogP contribution >= 0.6 is 0 Å². The Morgan fingerprint density at radius 2 is 2.18 bits per heavy atom. The van der Waals surface area contributed by atoms with Crippen molar-refractivity contribution in [1.82, 2.24) is 10.2 Å². The first kappa shape index (κ1) is 14.3. The fourth-order valence-corrected chi connectivity index (χ4v) is 2.03. The van der Waals surface area contributed by atoms with Crippen LogP contribution < -0.4 is 5.32 Å². The van der Waals surface area contributed by atoms with Crippen LogP contribution in [0, 0.1) is 0 Å². The van der Waals surface area contributed by atoms with Crippen molar-refractivity contribution in [2.75, 3.05) is 6.67 Å². The summed E-state index contributed by atoms with van der Waals surface area (Å²) in [6, 6.07) is -1.09. The van der Waals surface area contributed by atoms with Crippen LogP contribution in [-0.4, -0.2) is 35.7 Å². The Hall–Kier alpha value is -0.780. The minimum atomic E-state index is -4.22. The first-order valence-corrected chi connectivity index (χ1v) is 5.95. The summed E-state index contributed by atoms with van der Waals surface area (Å²) in [4.78, 5) is 13.1. The second-order valence-corrected chi connectivity index (χ2v) is 4.53. The normalized spacial score (nSPS) is 23.2. The molecule has 1 amide bonds. The molecule has 1 aliphatic rings. The van der Waals surface area contributed by atoms with Crippen LogP contribution in [0.25, 0.3) is 0 Å². The van der Waals surface area contributed by atoms with E-state index in [-0.39, 0.29) is 18.6 Å². The Balaban J connectivity index is 2.49. The zero-order chi connectivity index (χ0) is 13.1. The van der Waals surface area contributed by atoms with Crippen LogP contribution in [0.2, 0.25) is 0 Å². The van der Waals surface area contributed by atoms with Crippen molar-refractivity contribution in [3.8, 4) is 0 Å². The number of rotatable bonds is 5. The second-order valence-electron chi connectivity index (χ2n) is 4.53. The first-order chi connectivity index (χ1) is 7.85. The van der Waals surface area contributed by atoms with E-state index in [1.54, 1.807) is 0 Å². The summed E-state index contributed by atoms with van der Waals surface area (Å²) >= 11 is 0. The topological polar surface area (TPSA) is 32.3 Å². The monoisotopic (exact) mass is 252 g/mol. The van der Waals surface area contributed by atoms with Gasteiger partial charge in [-0.3, -0.25) is 10.1 Å². The van der Waals surface area contributed by atoms with Crippen LogP contribution in [-0.2, 0) is 4.79 Å². The molecule has 1 fully saturated rings. The van der Waals surface area contributed by atoms with Gasteiger partial charge in [0.05, 0.1) is 19.1 Å². The van der Waals surface area contributed by atoms with E-state index in [1.165, 1.54) is 11.8 Å². The molecule has 100 valence electrons. The van der Waals surface area contributed by atoms with Gasteiger partial charge in [0.2, 0.25) is 5.91 Å². The maximum absolute atomic E-state index is 12.2. The van der Waals surface area contributed by atoms with Gasteiger partial charge < -0.3 is 4.90 Å². The fraction of sp³-hybridized carbons (Fsp3) is 0.909. The molecule has 1 heterocycles. The number of hydrogen-bond acceptors (Lipinski definition) is 2. The number of carbonyl (C=O) groups excluding carboxylic acids is 1. The number of nitrogens with one attached hydrogen (secondary N) is 1. The van der Waals surface area contributed by atoms with E-state index in [1.807, 2.05) is 6.92 Å². The van der Waals surface area contributed by atoms with Gasteiger partial charge in [0.15, 0.2) is 0 Å². The Bertz CT molecular complexity index is 268. The van der Waals surface area contributed by atoms with Crippen molar-refractivity contribution in [1.29, 1.82) is 0 Å². The lowest BCUT2D eigenvalue weighted by molar-refractivity contribution is -0.151. The van der Waals surface area contributed by atoms with Crippen LogP contribution in [0.4, 0.5) is 13.2 Å². The molecule has 0 aromatic heterocycles. The van der Waals surface area contributed by atoms with Gasteiger partial charge in [-0.15, -0.1) is 0 Å². The van der Waals surface area contributed by atoms with Gasteiger partial charge in [0.1, 0.15) is 0 Å². The highest BCUT2D eigenvalue weighted by molar-refractivity contribution is 5.84. The van der Waals surface area contributed by atoms with Crippen molar-refractivity contribution in [2.24, 2.45) is 0 Å². The molecule has 0 radical (unpaired) electrons. The molecular formula is C11H19F3N2O. The van der Waals surface area contributed by atoms with Crippen molar-refractivity contribution in [3.63, 3.8) is 0 Å². The van der Waals surface area contributed by atoms with Gasteiger partial charge in [0, 0.05) is 6.04 Å². The van der Waals surface area contributed by atoms with Crippen molar-refractivity contribution >= 4 is 5.91 Å². The smallest absolute Gasteiger partial charge is 0.326 e. The maximum Gasteiger partial charge on any atom is 0.391 e. The molecule has 0 aromatic rings. The molecule has 2 atom stereocenters. The largest absolute Gasteiger partial charge is 0.391 e. The number of amides is 1. The van der Waals surface area contributed by atoms with Gasteiger partial charge in [-0.05, 0) is 13.3 Å². The molecule has 1 rings (SSSR count). The summed E-state index contributed by atoms with van der Waals surface area (Å²) < 4.78 is 36.7. The van der Waals surface area contributed by atoms with Gasteiger partial charge >= 0.3 is 6.18 Å². The standard InChI is InChI=1S/C11H19F3N2O/c1-3-4-5-9-10(17)16(7-15-9)8(2)6-11(12,13)14/h8-9,15H,3-7H2,1-2H3. The molecule has 1 saturated heterocycles. The molecule has 17 heavy (non-hydrogen) atoms. The summed E-state index contributed by atoms with van der Waals surface area (Å²) in [5.41, 5.74) is 0. The summed E-state index contributed by atoms with van der Waals surface area (Å²) in [7, 11) is 0. The van der Waals surface area contributed by atoms with E-state index in [0.29, 0.717) is 6.42 Å². The van der Waals surface area contributed by atoms with Gasteiger partial charge in [-0.2, -0.15) is 13.2 Å². The highest BCUT2D eigenvalue weighted by atomic mass is 19.4. The SMILES string of the molecule is CCCCC1NCN(C(C)CC(F)(F)F)C1=O. The van der Waals surface area contributed by atoms with E-state index in [9.17, 15) is 18.0 Å². The van der Waals surface area contributed by atoms with Crippen molar-refractivity contribution in [2.45, 2.75) is 57.8 Å². The Kier molecular flexibility index (Phi) is 4.80. The third kappa shape index (κ3) is 4.18. The number of unbranched alkanes of at least 4 members (excludes halogenated alkanes) is 1. The number of halogens is 3. The Labute approximate surface area is 99.4 Å². The van der Waals surface area contributed by atoms with E-state index in [0.717, 1.165) is 12.8 Å². The molecule has 1 N–H and O–H groups in total. The predicted molar refractivity (Wildman–Crippen MR) is 58.3 cm³/mol. The van der Waals surface area contributed by atoms with Crippen LogP contribution in [0.15, 0.2) is 0 Å². The summed E-state index contributed by atoms with van der Waals surface area (Å²) in [5.74, 6) is -0.199. The maximum atomic E-state index is 12.2. The molecule has 3 nitrogen and oxygen atoms in total. The molecule has 0 spiro atoms. The Morgan fingerprint density at radius 3 is 2.71 bits per heavy atom. The van der Waals surface area contributed by atoms with Gasteiger partial charge in [-0.25, -0.2) is 0 Å². The predicted octanol–water partition coefficient (Wildman–Crippen LogP) is 2.28. The molecule has 0 bridgehead atoms. The zero-order valence-corrected chi connectivity index (χ0v) is 10.2. The van der Waals surface area contributed by atoms with Crippen molar-refractivity contribution in [3.05, 3.63) is 0 Å². The number of nitrogens with zero attached hydrogens (tertiary/aromatic N) is 1. The minimum absolute atomic E-state index is 0.199. The highest BCUT2D eigenvalue weighted by Gasteiger charge is 2.38. The van der Waals surface area contributed by atoms with E-state index in [2.05, 4.69) is 5.32 Å². The fourth-order valence-electron chi connectivity index (χ4n) is 2.03. The van der Waals surface area contributed by atoms with Gasteiger partial charge in [-0.1, -0.05) is 19.8 Å². The molecule has 0 aliphatic carbocycles. The molecule has 0 saturated carbocycles. The summed E-state index contributed by atoms with van der Waals surface area (Å²) in [6.45, 7) is 3.68. The van der Waals surface area contributed by atoms with Crippen LogP contribution in [0.1, 0.15) is 39.5 Å². The highest BCUT2D eigenvalue weighted by Crippen LogP contribution is 2.25. The molecule has 0 aromatic carbocycles. The average molecular weight is 252 g/mol. The minimum Gasteiger partial charge on any atom is -0.326 e. The average Bonchev–Trinajstić information content (AvgIpc) is 2.54. The zero-order valence-electron chi connectivity index (χ0n) is 10.2. The number of carbonyl (C=O) groups is 1.